The predicted octanol–water partition coefficient (Wildman–Crippen LogP) is 4.50. The number of rotatable bonds is 10. The first-order valence-electron chi connectivity index (χ1n) is 11.6. The van der Waals surface area contributed by atoms with Crippen LogP contribution in [-0.4, -0.2) is 54.4 Å². The average Bonchev–Trinajstić information content (AvgIpc) is 2.99. The van der Waals surface area contributed by atoms with Gasteiger partial charge in [0.05, 0.1) is 6.61 Å². The van der Waals surface area contributed by atoms with E-state index in [0.29, 0.717) is 25.3 Å². The second-order valence-corrected chi connectivity index (χ2v) is 8.69. The summed E-state index contributed by atoms with van der Waals surface area (Å²) in [5, 5.41) is 19.0. The summed E-state index contributed by atoms with van der Waals surface area (Å²) in [5.41, 5.74) is 5.40. The third-order valence-corrected chi connectivity index (χ3v) is 5.68. The van der Waals surface area contributed by atoms with Gasteiger partial charge in [-0.1, -0.05) is 46.3 Å². The fraction of sp³-hybridized carbons (Fsp3) is 0.296. The van der Waals surface area contributed by atoms with E-state index in [9.17, 15) is 14.4 Å². The molecule has 0 aromatic heterocycles. The minimum atomic E-state index is -1.26. The second-order valence-electron chi connectivity index (χ2n) is 7.78. The maximum absolute atomic E-state index is 11.3. The van der Waals surface area contributed by atoms with Gasteiger partial charge in [0.15, 0.2) is 0 Å². The molecule has 0 amide bonds. The Balaban J connectivity index is 0.000000493. The van der Waals surface area contributed by atoms with Crippen molar-refractivity contribution in [2.45, 2.75) is 26.2 Å². The lowest BCUT2D eigenvalue weighted by atomic mass is 10.0. The Hall–Kier alpha value is -3.43. The maximum atomic E-state index is 11.3. The van der Waals surface area contributed by atoms with Gasteiger partial charge in [0, 0.05) is 47.2 Å². The Labute approximate surface area is 219 Å². The number of carboxylic acid groups (broad SMARTS) is 2. The lowest BCUT2D eigenvalue weighted by Crippen LogP contribution is -2.24. The van der Waals surface area contributed by atoms with Crippen molar-refractivity contribution in [3.8, 4) is 0 Å². The molecule has 2 aromatic rings. The largest absolute Gasteiger partial charge is 0.478 e. The highest BCUT2D eigenvalue weighted by Crippen LogP contribution is 2.37. The summed E-state index contributed by atoms with van der Waals surface area (Å²) in [5.74, 6) is -2.80. The number of nitrogens with zero attached hydrogens (tertiary/aromatic N) is 1. The zero-order valence-corrected chi connectivity index (χ0v) is 21.7. The van der Waals surface area contributed by atoms with Crippen molar-refractivity contribution in [3.05, 3.63) is 82.4 Å². The first kappa shape index (κ1) is 28.8. The molecule has 0 aliphatic carbocycles. The molecule has 192 valence electrons. The van der Waals surface area contributed by atoms with Crippen LogP contribution in [0.1, 0.15) is 24.5 Å². The van der Waals surface area contributed by atoms with E-state index in [2.05, 4.69) is 68.6 Å². The first-order chi connectivity index (χ1) is 17.3. The molecular weight excluding hydrogens is 528 g/mol. The number of carbonyl (C=O) groups is 3. The number of hydrogen-bond donors (Lipinski definition) is 3. The van der Waals surface area contributed by atoms with Gasteiger partial charge in [0.1, 0.15) is 0 Å². The highest BCUT2D eigenvalue weighted by Gasteiger charge is 2.20. The Morgan fingerprint density at radius 2 is 1.67 bits per heavy atom. The van der Waals surface area contributed by atoms with Crippen LogP contribution in [0.15, 0.2) is 71.2 Å². The topological polar surface area (TPSA) is 116 Å². The number of benzene rings is 2. The summed E-state index contributed by atoms with van der Waals surface area (Å²) in [6, 6.07) is 15.3. The molecule has 0 bridgehead atoms. The number of aliphatic carboxylic acids is 2. The van der Waals surface area contributed by atoms with E-state index in [1.165, 1.54) is 28.6 Å². The van der Waals surface area contributed by atoms with Gasteiger partial charge in [-0.05, 0) is 62.1 Å². The highest BCUT2D eigenvalue weighted by atomic mass is 79.9. The van der Waals surface area contributed by atoms with Crippen LogP contribution >= 0.6 is 15.9 Å². The van der Waals surface area contributed by atoms with E-state index in [-0.39, 0.29) is 5.97 Å². The number of nitrogens with one attached hydrogen (secondary N) is 1. The number of carbonyl (C=O) groups excluding carboxylic acids is 1. The summed E-state index contributed by atoms with van der Waals surface area (Å²) in [7, 11) is 0. The van der Waals surface area contributed by atoms with Gasteiger partial charge >= 0.3 is 17.9 Å². The smallest absolute Gasteiger partial charge is 0.330 e. The van der Waals surface area contributed by atoms with Gasteiger partial charge in [-0.3, -0.25) is 0 Å². The third kappa shape index (κ3) is 10.1. The Morgan fingerprint density at radius 1 is 1.00 bits per heavy atom. The molecule has 3 N–H and O–H groups in total. The molecule has 0 radical (unpaired) electrons. The van der Waals surface area contributed by atoms with Gasteiger partial charge in [0.2, 0.25) is 0 Å². The monoisotopic (exact) mass is 558 g/mol. The fourth-order valence-corrected chi connectivity index (χ4v) is 4.01. The van der Waals surface area contributed by atoms with E-state index < -0.39 is 11.9 Å². The summed E-state index contributed by atoms with van der Waals surface area (Å²) in [6.45, 7) is 4.70. The van der Waals surface area contributed by atoms with E-state index in [1.807, 2.05) is 13.0 Å². The van der Waals surface area contributed by atoms with Crippen LogP contribution in [0.2, 0.25) is 0 Å². The van der Waals surface area contributed by atoms with Crippen molar-refractivity contribution < 1.29 is 29.3 Å². The normalized spacial score (nSPS) is 12.3. The van der Waals surface area contributed by atoms with Gasteiger partial charge in [-0.15, -0.1) is 0 Å². The molecular formula is C27H31BrN2O6. The molecule has 0 unspecified atom stereocenters. The highest BCUT2D eigenvalue weighted by molar-refractivity contribution is 9.10. The number of anilines is 2. The first-order valence-corrected chi connectivity index (χ1v) is 12.4. The fourth-order valence-electron chi connectivity index (χ4n) is 3.66. The zero-order valence-electron chi connectivity index (χ0n) is 20.2. The lowest BCUT2D eigenvalue weighted by molar-refractivity contribution is -0.137. The van der Waals surface area contributed by atoms with Crippen LogP contribution in [0, 0.1) is 0 Å². The van der Waals surface area contributed by atoms with Crippen molar-refractivity contribution in [2.24, 2.45) is 0 Å². The molecule has 9 heteroatoms. The molecule has 8 nitrogen and oxygen atoms in total. The van der Waals surface area contributed by atoms with Crippen LogP contribution in [0.3, 0.4) is 0 Å². The average molecular weight is 559 g/mol. The SMILES string of the molecule is CCOC(=O)/C=C/CNCCCN1c2ccccc2CCc2ccc(Br)cc21.O=C(O)/C=C\C(=O)O. The van der Waals surface area contributed by atoms with Crippen molar-refractivity contribution in [1.82, 2.24) is 5.32 Å². The van der Waals surface area contributed by atoms with Crippen molar-refractivity contribution in [3.63, 3.8) is 0 Å². The molecule has 2 aromatic carbocycles. The predicted molar refractivity (Wildman–Crippen MR) is 143 cm³/mol. The molecule has 1 heterocycles. The van der Waals surface area contributed by atoms with E-state index >= 15 is 0 Å². The number of ether oxygens (including phenoxy) is 1. The molecule has 0 atom stereocenters. The van der Waals surface area contributed by atoms with Gasteiger partial charge in [-0.25, -0.2) is 14.4 Å². The summed E-state index contributed by atoms with van der Waals surface area (Å²) in [6.07, 6.45) is 7.55. The van der Waals surface area contributed by atoms with Crippen LogP contribution < -0.4 is 10.2 Å². The standard InChI is InChI=1S/C23H27BrN2O2.C4H4O4/c1-2-28-23(27)9-5-14-25-15-6-16-26-21-8-4-3-7-18(21)10-11-19-12-13-20(24)17-22(19)26;5-3(6)1-2-4(7)8/h3-5,7-9,12-13,17,25H,2,6,10-11,14-16H2,1H3;1-2H,(H,5,6)(H,7,8)/b9-5+;2-1-. The van der Waals surface area contributed by atoms with E-state index in [0.717, 1.165) is 36.8 Å². The minimum absolute atomic E-state index is 0.285. The molecule has 0 fully saturated rings. The number of halogens is 1. The number of carboxylic acids is 2. The Morgan fingerprint density at radius 3 is 2.33 bits per heavy atom. The Kier molecular flexibility index (Phi) is 12.4. The van der Waals surface area contributed by atoms with Gasteiger partial charge in [0.25, 0.3) is 0 Å². The molecule has 36 heavy (non-hydrogen) atoms. The molecule has 0 saturated carbocycles. The van der Waals surface area contributed by atoms with Crippen LogP contribution in [0.25, 0.3) is 0 Å². The molecule has 0 spiro atoms. The molecule has 1 aliphatic rings. The summed E-state index contributed by atoms with van der Waals surface area (Å²) < 4.78 is 5.98. The number of hydrogen-bond acceptors (Lipinski definition) is 6. The van der Waals surface area contributed by atoms with Crippen molar-refractivity contribution >= 4 is 45.2 Å². The maximum Gasteiger partial charge on any atom is 0.330 e. The van der Waals surface area contributed by atoms with E-state index in [4.69, 9.17) is 14.9 Å². The van der Waals surface area contributed by atoms with Crippen molar-refractivity contribution in [2.75, 3.05) is 31.1 Å². The second kappa shape index (κ2) is 15.5. The number of para-hydroxylation sites is 1. The van der Waals surface area contributed by atoms with Crippen LogP contribution in [0.5, 0.6) is 0 Å². The van der Waals surface area contributed by atoms with E-state index in [1.54, 1.807) is 0 Å². The molecule has 3 rings (SSSR count). The van der Waals surface area contributed by atoms with Crippen molar-refractivity contribution in [1.29, 1.82) is 0 Å². The lowest BCUT2D eigenvalue weighted by Gasteiger charge is -2.27. The number of fused-ring (bicyclic) bond motifs is 2. The van der Waals surface area contributed by atoms with Crippen LogP contribution in [-0.2, 0) is 32.0 Å². The summed E-state index contributed by atoms with van der Waals surface area (Å²) in [4.78, 5) is 32.8. The van der Waals surface area contributed by atoms with Gasteiger partial charge in [-0.2, -0.15) is 0 Å². The van der Waals surface area contributed by atoms with Crippen LogP contribution in [0.4, 0.5) is 11.4 Å². The molecule has 1 aliphatic heterocycles. The van der Waals surface area contributed by atoms with Gasteiger partial charge < -0.3 is 25.2 Å². The zero-order chi connectivity index (χ0) is 26.3. The summed E-state index contributed by atoms with van der Waals surface area (Å²) >= 11 is 3.63. The molecule has 0 saturated heterocycles. The number of aryl methyl sites for hydroxylation is 2. The number of esters is 1. The Bertz CT molecular complexity index is 1080. The minimum Gasteiger partial charge on any atom is -0.478 e. The third-order valence-electron chi connectivity index (χ3n) is 5.19. The quantitative estimate of drug-likeness (QED) is 0.222.